The van der Waals surface area contributed by atoms with Crippen LogP contribution >= 0.6 is 27.5 Å². The summed E-state index contributed by atoms with van der Waals surface area (Å²) in [6.45, 7) is 2.32. The summed E-state index contributed by atoms with van der Waals surface area (Å²) in [6, 6.07) is 9.11. The van der Waals surface area contributed by atoms with E-state index in [4.69, 9.17) is 22.1 Å². The van der Waals surface area contributed by atoms with Crippen molar-refractivity contribution in [3.05, 3.63) is 51.1 Å². The van der Waals surface area contributed by atoms with E-state index in [0.717, 1.165) is 15.7 Å². The second kappa shape index (κ2) is 5.69. The molecule has 0 fully saturated rings. The SMILES string of the molecule is Cc1nc(Oc2ccc(CN)c(Cl)c2)ccc1Br. The van der Waals surface area contributed by atoms with Crippen LogP contribution in [0.15, 0.2) is 34.8 Å². The molecule has 2 rings (SSSR count). The van der Waals surface area contributed by atoms with E-state index in [1.165, 1.54) is 0 Å². The summed E-state index contributed by atoms with van der Waals surface area (Å²) in [5.74, 6) is 1.18. The average Bonchev–Trinajstić information content (AvgIpc) is 2.34. The van der Waals surface area contributed by atoms with Gasteiger partial charge in [0.05, 0.1) is 5.69 Å². The summed E-state index contributed by atoms with van der Waals surface area (Å²) in [5.41, 5.74) is 7.31. The molecule has 0 aliphatic carbocycles. The van der Waals surface area contributed by atoms with Crippen LogP contribution < -0.4 is 10.5 Å². The van der Waals surface area contributed by atoms with Crippen molar-refractivity contribution >= 4 is 27.5 Å². The first-order chi connectivity index (χ1) is 8.60. The van der Waals surface area contributed by atoms with E-state index < -0.39 is 0 Å². The lowest BCUT2D eigenvalue weighted by Gasteiger charge is -2.08. The van der Waals surface area contributed by atoms with E-state index in [0.29, 0.717) is 23.2 Å². The van der Waals surface area contributed by atoms with Crippen molar-refractivity contribution in [3.63, 3.8) is 0 Å². The molecule has 1 heterocycles. The number of hydrogen-bond acceptors (Lipinski definition) is 3. The quantitative estimate of drug-likeness (QED) is 0.925. The van der Waals surface area contributed by atoms with Crippen LogP contribution in [0.4, 0.5) is 0 Å². The first-order valence-electron chi connectivity index (χ1n) is 5.39. The lowest BCUT2D eigenvalue weighted by Crippen LogP contribution is -1.97. The minimum Gasteiger partial charge on any atom is -0.439 e. The van der Waals surface area contributed by atoms with Crippen LogP contribution in [0.2, 0.25) is 5.02 Å². The highest BCUT2D eigenvalue weighted by Gasteiger charge is 2.04. The molecule has 1 aromatic heterocycles. The zero-order chi connectivity index (χ0) is 13.1. The molecule has 0 unspecified atom stereocenters. The van der Waals surface area contributed by atoms with Crippen LogP contribution in [0.25, 0.3) is 0 Å². The van der Waals surface area contributed by atoms with Crippen molar-refractivity contribution in [2.45, 2.75) is 13.5 Å². The van der Waals surface area contributed by atoms with E-state index in [1.807, 2.05) is 25.1 Å². The molecule has 0 spiro atoms. The smallest absolute Gasteiger partial charge is 0.219 e. The molecular formula is C13H12BrClN2O. The molecule has 0 saturated carbocycles. The molecule has 0 radical (unpaired) electrons. The second-order valence-corrected chi connectivity index (χ2v) is 5.04. The van der Waals surface area contributed by atoms with E-state index in [2.05, 4.69) is 20.9 Å². The summed E-state index contributed by atoms with van der Waals surface area (Å²) < 4.78 is 6.59. The van der Waals surface area contributed by atoms with Gasteiger partial charge in [0.2, 0.25) is 5.88 Å². The minimum absolute atomic E-state index is 0.411. The van der Waals surface area contributed by atoms with Gasteiger partial charge in [-0.1, -0.05) is 17.7 Å². The number of hydrogen-bond donors (Lipinski definition) is 1. The van der Waals surface area contributed by atoms with Crippen molar-refractivity contribution < 1.29 is 4.74 Å². The van der Waals surface area contributed by atoms with E-state index in [-0.39, 0.29) is 0 Å². The van der Waals surface area contributed by atoms with Crippen molar-refractivity contribution in [1.82, 2.24) is 4.98 Å². The molecule has 3 nitrogen and oxygen atoms in total. The first kappa shape index (κ1) is 13.3. The Kier molecular flexibility index (Phi) is 4.22. The fourth-order valence-electron chi connectivity index (χ4n) is 1.46. The standard InChI is InChI=1S/C13H12BrClN2O/c1-8-11(14)4-5-13(17-8)18-10-3-2-9(7-16)12(15)6-10/h2-6H,7,16H2,1H3. The zero-order valence-corrected chi connectivity index (χ0v) is 12.1. The Bertz CT molecular complexity index is 575. The number of nitrogens with two attached hydrogens (primary N) is 1. The largest absolute Gasteiger partial charge is 0.439 e. The third kappa shape index (κ3) is 3.02. The number of nitrogens with zero attached hydrogens (tertiary/aromatic N) is 1. The summed E-state index contributed by atoms with van der Waals surface area (Å²) in [5, 5.41) is 0.601. The minimum atomic E-state index is 0.411. The van der Waals surface area contributed by atoms with E-state index in [9.17, 15) is 0 Å². The van der Waals surface area contributed by atoms with Gasteiger partial charge in [-0.2, -0.15) is 0 Å². The highest BCUT2D eigenvalue weighted by molar-refractivity contribution is 9.10. The molecule has 0 aliphatic heterocycles. The molecule has 5 heteroatoms. The van der Waals surface area contributed by atoms with Crippen molar-refractivity contribution in [3.8, 4) is 11.6 Å². The van der Waals surface area contributed by atoms with E-state index in [1.54, 1.807) is 12.1 Å². The Balaban J connectivity index is 2.23. The third-order valence-electron chi connectivity index (χ3n) is 2.46. The average molecular weight is 328 g/mol. The van der Waals surface area contributed by atoms with Crippen LogP contribution in [-0.4, -0.2) is 4.98 Å². The summed E-state index contributed by atoms with van der Waals surface area (Å²) >= 11 is 9.46. The van der Waals surface area contributed by atoms with Gasteiger partial charge in [-0.3, -0.25) is 0 Å². The predicted octanol–water partition coefficient (Wildman–Crippen LogP) is 4.06. The summed E-state index contributed by atoms with van der Waals surface area (Å²) in [7, 11) is 0. The molecule has 0 bridgehead atoms. The van der Waals surface area contributed by atoms with Crippen LogP contribution in [0.1, 0.15) is 11.3 Å². The number of benzene rings is 1. The maximum Gasteiger partial charge on any atom is 0.219 e. The Hall–Kier alpha value is -1.10. The number of aromatic nitrogens is 1. The van der Waals surface area contributed by atoms with Gasteiger partial charge < -0.3 is 10.5 Å². The van der Waals surface area contributed by atoms with Crippen molar-refractivity contribution in [2.24, 2.45) is 5.73 Å². The Morgan fingerprint density at radius 1 is 1.33 bits per heavy atom. The maximum absolute atomic E-state index is 6.06. The van der Waals surface area contributed by atoms with Gasteiger partial charge in [-0.05, 0) is 46.6 Å². The lowest BCUT2D eigenvalue weighted by atomic mass is 10.2. The van der Waals surface area contributed by atoms with Crippen LogP contribution in [0, 0.1) is 6.92 Å². The van der Waals surface area contributed by atoms with Crippen LogP contribution in [0.5, 0.6) is 11.6 Å². The molecule has 94 valence electrons. The fourth-order valence-corrected chi connectivity index (χ4v) is 1.92. The fraction of sp³-hybridized carbons (Fsp3) is 0.154. The van der Waals surface area contributed by atoms with Gasteiger partial charge >= 0.3 is 0 Å². The third-order valence-corrected chi connectivity index (χ3v) is 3.65. The topological polar surface area (TPSA) is 48.1 Å². The number of ether oxygens (including phenoxy) is 1. The van der Waals surface area contributed by atoms with Gasteiger partial charge in [0.25, 0.3) is 0 Å². The van der Waals surface area contributed by atoms with Gasteiger partial charge in [-0.15, -0.1) is 0 Å². The number of aryl methyl sites for hydroxylation is 1. The maximum atomic E-state index is 6.06. The van der Waals surface area contributed by atoms with Crippen molar-refractivity contribution in [1.29, 1.82) is 0 Å². The van der Waals surface area contributed by atoms with E-state index >= 15 is 0 Å². The Labute approximate surface area is 119 Å². The molecule has 1 aromatic carbocycles. The number of halogens is 2. The predicted molar refractivity (Wildman–Crippen MR) is 76.1 cm³/mol. The summed E-state index contributed by atoms with van der Waals surface area (Å²) in [4.78, 5) is 4.30. The van der Waals surface area contributed by atoms with Gasteiger partial charge in [0, 0.05) is 22.1 Å². The van der Waals surface area contributed by atoms with Gasteiger partial charge in [0.15, 0.2) is 0 Å². The zero-order valence-electron chi connectivity index (χ0n) is 9.78. The normalized spacial score (nSPS) is 10.4. The summed E-state index contributed by atoms with van der Waals surface area (Å²) in [6.07, 6.45) is 0. The Morgan fingerprint density at radius 2 is 2.11 bits per heavy atom. The Morgan fingerprint density at radius 3 is 2.72 bits per heavy atom. The molecule has 0 atom stereocenters. The lowest BCUT2D eigenvalue weighted by molar-refractivity contribution is 0.461. The van der Waals surface area contributed by atoms with Crippen LogP contribution in [0.3, 0.4) is 0 Å². The monoisotopic (exact) mass is 326 g/mol. The van der Waals surface area contributed by atoms with Gasteiger partial charge in [-0.25, -0.2) is 4.98 Å². The molecule has 0 amide bonds. The van der Waals surface area contributed by atoms with Crippen LogP contribution in [-0.2, 0) is 6.54 Å². The second-order valence-electron chi connectivity index (χ2n) is 3.78. The molecule has 0 aliphatic rings. The molecule has 18 heavy (non-hydrogen) atoms. The number of rotatable bonds is 3. The molecular weight excluding hydrogens is 316 g/mol. The first-order valence-corrected chi connectivity index (χ1v) is 6.56. The van der Waals surface area contributed by atoms with Crippen molar-refractivity contribution in [2.75, 3.05) is 0 Å². The number of pyridine rings is 1. The molecule has 2 aromatic rings. The molecule has 0 saturated heterocycles. The highest BCUT2D eigenvalue weighted by atomic mass is 79.9. The van der Waals surface area contributed by atoms with Gasteiger partial charge in [0.1, 0.15) is 5.75 Å². The molecule has 2 N–H and O–H groups in total. The highest BCUT2D eigenvalue weighted by Crippen LogP contribution is 2.27.